The minimum Gasteiger partial charge on any atom is -0.458 e. The zero-order chi connectivity index (χ0) is 16.9. The Hall–Kier alpha value is -2.84. The van der Waals surface area contributed by atoms with Crippen molar-refractivity contribution in [3.05, 3.63) is 82.1 Å². The van der Waals surface area contributed by atoms with Crippen molar-refractivity contribution in [3.8, 4) is 6.07 Å². The van der Waals surface area contributed by atoms with Crippen LogP contribution >= 0.6 is 15.9 Å². The first-order valence-electron chi connectivity index (χ1n) is 7.26. The van der Waals surface area contributed by atoms with E-state index in [2.05, 4.69) is 22.0 Å². The van der Waals surface area contributed by atoms with E-state index in [0.717, 1.165) is 15.6 Å². The summed E-state index contributed by atoms with van der Waals surface area (Å²) in [5, 5.41) is 9.32. The van der Waals surface area contributed by atoms with Gasteiger partial charge in [0.2, 0.25) is 0 Å². The van der Waals surface area contributed by atoms with Crippen molar-refractivity contribution in [3.63, 3.8) is 0 Å². The highest BCUT2D eigenvalue weighted by Crippen LogP contribution is 2.18. The first kappa shape index (κ1) is 16.0. The molecule has 0 unspecified atom stereocenters. The van der Waals surface area contributed by atoms with Crippen LogP contribution < -0.4 is 0 Å². The molecule has 0 atom stereocenters. The van der Waals surface area contributed by atoms with Gasteiger partial charge in [-0.15, -0.1) is 0 Å². The Morgan fingerprint density at radius 3 is 2.79 bits per heavy atom. The maximum absolute atomic E-state index is 11.9. The van der Waals surface area contributed by atoms with Crippen molar-refractivity contribution in [2.75, 3.05) is 0 Å². The molecule has 0 saturated carbocycles. The van der Waals surface area contributed by atoms with E-state index >= 15 is 0 Å². The summed E-state index contributed by atoms with van der Waals surface area (Å²) >= 11 is 3.36. The number of pyridine rings is 1. The average Bonchev–Trinajstić information content (AvgIpc) is 2.97. The number of carbonyl (C=O) groups is 1. The largest absolute Gasteiger partial charge is 0.458 e. The van der Waals surface area contributed by atoms with Gasteiger partial charge in [0, 0.05) is 28.5 Å². The molecule has 0 amide bonds. The normalized spacial score (nSPS) is 10.8. The number of halogens is 1. The highest BCUT2D eigenvalue weighted by atomic mass is 79.9. The van der Waals surface area contributed by atoms with Crippen LogP contribution in [0, 0.1) is 11.3 Å². The molecule has 0 aliphatic rings. The summed E-state index contributed by atoms with van der Waals surface area (Å²) in [7, 11) is 0. The average molecular weight is 381 g/mol. The third-order valence-corrected chi connectivity index (χ3v) is 4.05. The molecule has 3 aromatic rings. The van der Waals surface area contributed by atoms with Crippen LogP contribution in [0.5, 0.6) is 0 Å². The predicted molar refractivity (Wildman–Crippen MR) is 95.1 cm³/mol. The molecule has 4 nitrogen and oxygen atoms in total. The van der Waals surface area contributed by atoms with Gasteiger partial charge in [0.05, 0.1) is 11.1 Å². The Bertz CT molecular complexity index is 950. The summed E-state index contributed by atoms with van der Waals surface area (Å²) < 4.78 is 8.07. The molecule has 2 heterocycles. The molecule has 3 rings (SSSR count). The van der Waals surface area contributed by atoms with Gasteiger partial charge in [0.15, 0.2) is 0 Å². The van der Waals surface area contributed by atoms with E-state index in [1.54, 1.807) is 12.3 Å². The molecule has 0 spiro atoms. The van der Waals surface area contributed by atoms with Crippen molar-refractivity contribution in [1.82, 2.24) is 4.40 Å². The van der Waals surface area contributed by atoms with E-state index < -0.39 is 5.97 Å². The first-order valence-corrected chi connectivity index (χ1v) is 8.06. The molecule has 5 heteroatoms. The Labute approximate surface area is 147 Å². The Morgan fingerprint density at radius 1 is 1.25 bits per heavy atom. The van der Waals surface area contributed by atoms with Gasteiger partial charge in [0.25, 0.3) is 0 Å². The van der Waals surface area contributed by atoms with Gasteiger partial charge in [-0.05, 0) is 35.9 Å². The molecule has 0 N–H and O–H groups in total. The second-order valence-electron chi connectivity index (χ2n) is 5.13. The van der Waals surface area contributed by atoms with E-state index in [4.69, 9.17) is 4.74 Å². The lowest BCUT2D eigenvalue weighted by atomic mass is 10.2. The van der Waals surface area contributed by atoms with Gasteiger partial charge in [-0.2, -0.15) is 5.26 Å². The van der Waals surface area contributed by atoms with Crippen LogP contribution in [0.3, 0.4) is 0 Å². The van der Waals surface area contributed by atoms with Crippen LogP contribution in [0.4, 0.5) is 0 Å². The molecule has 0 aliphatic carbocycles. The molecule has 0 fully saturated rings. The van der Waals surface area contributed by atoms with E-state index in [0.29, 0.717) is 11.1 Å². The minimum atomic E-state index is -0.447. The van der Waals surface area contributed by atoms with E-state index in [1.165, 1.54) is 6.08 Å². The lowest BCUT2D eigenvalue weighted by molar-refractivity contribution is -0.138. The fraction of sp³-hybridized carbons (Fsp3) is 0.0526. The number of ether oxygens (including phenoxy) is 1. The van der Waals surface area contributed by atoms with Crippen molar-refractivity contribution in [2.45, 2.75) is 6.61 Å². The minimum absolute atomic E-state index is 0.0636. The molecule has 2 aromatic heterocycles. The number of nitrogens with zero attached hydrogens (tertiary/aromatic N) is 2. The van der Waals surface area contributed by atoms with Crippen molar-refractivity contribution >= 4 is 33.5 Å². The Morgan fingerprint density at radius 2 is 2.04 bits per heavy atom. The van der Waals surface area contributed by atoms with Crippen LogP contribution in [0.2, 0.25) is 0 Å². The maximum atomic E-state index is 11.9. The topological polar surface area (TPSA) is 54.5 Å². The lowest BCUT2D eigenvalue weighted by Crippen LogP contribution is -2.01. The number of benzene rings is 1. The van der Waals surface area contributed by atoms with Gasteiger partial charge in [-0.3, -0.25) is 0 Å². The summed E-state index contributed by atoms with van der Waals surface area (Å²) in [6, 6.07) is 15.4. The molecule has 0 aliphatic heterocycles. The number of hydrogen-bond donors (Lipinski definition) is 0. The molecular formula is C19H13BrN2O2. The predicted octanol–water partition coefficient (Wildman–Crippen LogP) is 4.33. The second kappa shape index (κ2) is 7.16. The number of hydrogen-bond acceptors (Lipinski definition) is 3. The van der Waals surface area contributed by atoms with Crippen LogP contribution in [0.25, 0.3) is 11.6 Å². The van der Waals surface area contributed by atoms with Gasteiger partial charge in [-0.1, -0.05) is 34.1 Å². The molecule has 118 valence electrons. The van der Waals surface area contributed by atoms with E-state index in [1.807, 2.05) is 53.1 Å². The number of rotatable bonds is 4. The second-order valence-corrected chi connectivity index (χ2v) is 6.04. The summed E-state index contributed by atoms with van der Waals surface area (Å²) in [5.41, 5.74) is 2.92. The van der Waals surface area contributed by atoms with Gasteiger partial charge in [-0.25, -0.2) is 4.79 Å². The number of aromatic nitrogens is 1. The Balaban J connectivity index is 1.68. The zero-order valence-corrected chi connectivity index (χ0v) is 14.2. The summed E-state index contributed by atoms with van der Waals surface area (Å²) in [6.07, 6.45) is 6.73. The number of esters is 1. The fourth-order valence-corrected chi connectivity index (χ4v) is 2.62. The van der Waals surface area contributed by atoms with Crippen LogP contribution in [0.15, 0.2) is 65.4 Å². The van der Waals surface area contributed by atoms with Gasteiger partial charge >= 0.3 is 5.97 Å². The fourth-order valence-electron chi connectivity index (χ4n) is 2.35. The molecule has 24 heavy (non-hydrogen) atoms. The van der Waals surface area contributed by atoms with E-state index in [-0.39, 0.29) is 6.61 Å². The maximum Gasteiger partial charge on any atom is 0.331 e. The van der Waals surface area contributed by atoms with Crippen molar-refractivity contribution in [2.24, 2.45) is 0 Å². The zero-order valence-electron chi connectivity index (χ0n) is 12.6. The molecular weight excluding hydrogens is 368 g/mol. The molecule has 1 aromatic carbocycles. The smallest absolute Gasteiger partial charge is 0.331 e. The molecule has 0 bridgehead atoms. The van der Waals surface area contributed by atoms with Crippen molar-refractivity contribution in [1.29, 1.82) is 5.26 Å². The highest BCUT2D eigenvalue weighted by Gasteiger charge is 2.11. The monoisotopic (exact) mass is 380 g/mol. The summed E-state index contributed by atoms with van der Waals surface area (Å²) in [4.78, 5) is 11.9. The van der Waals surface area contributed by atoms with Crippen LogP contribution in [-0.4, -0.2) is 10.4 Å². The highest BCUT2D eigenvalue weighted by molar-refractivity contribution is 9.10. The standard InChI is InChI=1S/C19H13BrN2O2/c20-16-7-4-14(5-8-16)6-9-19(23)24-13-15-12-22-10-2-1-3-18(22)17(15)11-21/h1-10,12H,13H2/b9-6+. The van der Waals surface area contributed by atoms with E-state index in [9.17, 15) is 10.1 Å². The van der Waals surface area contributed by atoms with Crippen LogP contribution in [-0.2, 0) is 16.1 Å². The number of fused-ring (bicyclic) bond motifs is 1. The first-order chi connectivity index (χ1) is 11.7. The summed E-state index contributed by atoms with van der Waals surface area (Å²) in [5.74, 6) is -0.447. The SMILES string of the molecule is N#Cc1c(COC(=O)/C=C/c2ccc(Br)cc2)cn2ccccc12. The molecule has 0 radical (unpaired) electrons. The lowest BCUT2D eigenvalue weighted by Gasteiger charge is -2.00. The third kappa shape index (κ3) is 3.55. The third-order valence-electron chi connectivity index (χ3n) is 3.53. The molecule has 0 saturated heterocycles. The number of nitriles is 1. The van der Waals surface area contributed by atoms with Gasteiger partial charge in [0.1, 0.15) is 12.7 Å². The number of carbonyl (C=O) groups excluding carboxylic acids is 1. The summed E-state index contributed by atoms with van der Waals surface area (Å²) in [6.45, 7) is 0.0636. The van der Waals surface area contributed by atoms with Gasteiger partial charge < -0.3 is 9.14 Å². The quantitative estimate of drug-likeness (QED) is 0.499. The Kier molecular flexibility index (Phi) is 4.78. The van der Waals surface area contributed by atoms with Crippen LogP contribution in [0.1, 0.15) is 16.7 Å². The van der Waals surface area contributed by atoms with Crippen molar-refractivity contribution < 1.29 is 9.53 Å².